The van der Waals surface area contributed by atoms with E-state index in [-0.39, 0.29) is 16.3 Å². The number of alkyl halides is 3. The molecule has 148 valence electrons. The van der Waals surface area contributed by atoms with Crippen molar-refractivity contribution >= 4 is 43.6 Å². The van der Waals surface area contributed by atoms with E-state index in [4.69, 9.17) is 10.5 Å². The number of benzene rings is 2. The summed E-state index contributed by atoms with van der Waals surface area (Å²) in [6, 6.07) is 8.77. The number of nitrogens with zero attached hydrogens (tertiary/aromatic N) is 6. The number of aromatic nitrogens is 2. The number of nitriles is 2. The Balaban J connectivity index is 2.05. The van der Waals surface area contributed by atoms with Crippen LogP contribution in [-0.4, -0.2) is 9.97 Å². The molecule has 9 heteroatoms. The summed E-state index contributed by atoms with van der Waals surface area (Å²) in [5, 5.41) is 20.6. The minimum absolute atomic E-state index is 0.0354. The van der Waals surface area contributed by atoms with Crippen LogP contribution in [0.3, 0.4) is 0 Å². The first-order chi connectivity index (χ1) is 14.8. The van der Waals surface area contributed by atoms with Crippen molar-refractivity contribution < 1.29 is 13.2 Å². The first-order valence-corrected chi connectivity index (χ1v) is 9.03. The van der Waals surface area contributed by atoms with Gasteiger partial charge in [0.15, 0.2) is 0 Å². The highest BCUT2D eigenvalue weighted by molar-refractivity contribution is 6.14. The van der Waals surface area contributed by atoms with E-state index in [9.17, 15) is 13.2 Å². The molecule has 0 aliphatic carbocycles. The molecule has 0 aliphatic heterocycles. The zero-order chi connectivity index (χ0) is 21.9. The maximum absolute atomic E-state index is 13.2. The van der Waals surface area contributed by atoms with Crippen molar-refractivity contribution in [2.45, 2.75) is 13.1 Å². The summed E-state index contributed by atoms with van der Waals surface area (Å²) >= 11 is 0. The number of hydrogen-bond donors (Lipinski definition) is 0. The summed E-state index contributed by atoms with van der Waals surface area (Å²) in [6.45, 7) is 1.90. The van der Waals surface area contributed by atoms with Gasteiger partial charge in [0.05, 0.1) is 16.6 Å². The normalized spacial score (nSPS) is 13.5. The summed E-state index contributed by atoms with van der Waals surface area (Å²) in [5.41, 5.74) is 1.43. The number of fused-ring (bicyclic) bond motifs is 6. The molecule has 1 aromatic heterocycles. The second-order valence-electron chi connectivity index (χ2n) is 7.05. The molecule has 0 spiro atoms. The third-order valence-corrected chi connectivity index (χ3v) is 5.21. The van der Waals surface area contributed by atoms with Crippen LogP contribution in [-0.2, 0) is 6.18 Å². The maximum Gasteiger partial charge on any atom is 0.416 e. The Kier molecular flexibility index (Phi) is 3.80. The quantitative estimate of drug-likeness (QED) is 0.357. The average molecular weight is 414 g/mol. The van der Waals surface area contributed by atoms with Crippen molar-refractivity contribution in [3.63, 3.8) is 0 Å². The summed E-state index contributed by atoms with van der Waals surface area (Å²) in [5.74, 6) is 0. The molecule has 0 atom stereocenters. The molecule has 31 heavy (non-hydrogen) atoms. The topological polar surface area (TPSA) is 98.1 Å². The molecule has 5 rings (SSSR count). The van der Waals surface area contributed by atoms with Gasteiger partial charge in [-0.1, -0.05) is 23.8 Å². The van der Waals surface area contributed by atoms with Crippen molar-refractivity contribution in [2.24, 2.45) is 9.98 Å². The standard InChI is InChI=1S/C22H9F3N6/c1-10-2-4-12-14(6-10)16(28-8-26)20-18(12)30-21-17(29-9-27)15-7-11(22(23,24)25)3-5-13(15)19(21)31-20/h2-7H,1H3. The Morgan fingerprint density at radius 2 is 1.26 bits per heavy atom. The molecule has 0 bridgehead atoms. The van der Waals surface area contributed by atoms with Crippen LogP contribution in [0.25, 0.3) is 43.6 Å². The SMILES string of the molecule is Cc1ccc2c(c1)c(=NC#N)c1nc3c(nc12)c(=NC#N)c1cc(C(F)(F)F)ccc13. The van der Waals surface area contributed by atoms with Gasteiger partial charge in [0, 0.05) is 21.5 Å². The average Bonchev–Trinajstić information content (AvgIpc) is 3.19. The highest BCUT2D eigenvalue weighted by Gasteiger charge is 2.31. The van der Waals surface area contributed by atoms with Crippen LogP contribution in [0.4, 0.5) is 13.2 Å². The van der Waals surface area contributed by atoms with Crippen LogP contribution in [0, 0.1) is 29.8 Å². The highest BCUT2D eigenvalue weighted by atomic mass is 19.4. The molecule has 1 heterocycles. The smallest absolute Gasteiger partial charge is 0.241 e. The number of halogens is 3. The lowest BCUT2D eigenvalue weighted by Gasteiger charge is -2.05. The Morgan fingerprint density at radius 1 is 0.742 bits per heavy atom. The van der Waals surface area contributed by atoms with E-state index < -0.39 is 11.7 Å². The molecule has 6 nitrogen and oxygen atoms in total. The number of rotatable bonds is 0. The van der Waals surface area contributed by atoms with E-state index in [2.05, 4.69) is 20.0 Å². The fourth-order valence-corrected chi connectivity index (χ4v) is 3.91. The predicted molar refractivity (Wildman–Crippen MR) is 107 cm³/mol. The monoisotopic (exact) mass is 414 g/mol. The molecule has 0 saturated carbocycles. The van der Waals surface area contributed by atoms with E-state index >= 15 is 0 Å². The van der Waals surface area contributed by atoms with E-state index in [1.807, 2.05) is 25.1 Å². The summed E-state index contributed by atoms with van der Waals surface area (Å²) in [6.07, 6.45) is -1.12. The van der Waals surface area contributed by atoms with Gasteiger partial charge in [0.25, 0.3) is 0 Å². The molecule has 5 aromatic rings. The predicted octanol–water partition coefficient (Wildman–Crippen LogP) is 4.06. The zero-order valence-electron chi connectivity index (χ0n) is 15.8. The Hall–Kier alpha value is -4.37. The molecule has 0 fully saturated rings. The van der Waals surface area contributed by atoms with Crippen LogP contribution in [0.2, 0.25) is 0 Å². The fourth-order valence-electron chi connectivity index (χ4n) is 3.91. The Labute approximate surface area is 171 Å². The van der Waals surface area contributed by atoms with Crippen molar-refractivity contribution in [1.29, 1.82) is 10.5 Å². The second-order valence-corrected chi connectivity index (χ2v) is 7.05. The molecular formula is C22H9F3N6. The van der Waals surface area contributed by atoms with Crippen molar-refractivity contribution in [3.8, 4) is 12.4 Å². The largest absolute Gasteiger partial charge is 0.416 e. The highest BCUT2D eigenvalue weighted by Crippen LogP contribution is 2.33. The Bertz CT molecular complexity index is 1760. The molecule has 4 aromatic carbocycles. The van der Waals surface area contributed by atoms with Crippen LogP contribution in [0.5, 0.6) is 0 Å². The lowest BCUT2D eigenvalue weighted by atomic mass is 10.1. The summed E-state index contributed by atoms with van der Waals surface area (Å²) in [7, 11) is 0. The molecule has 0 radical (unpaired) electrons. The van der Waals surface area contributed by atoms with E-state index in [1.165, 1.54) is 6.07 Å². The molecule has 0 unspecified atom stereocenters. The molecule has 0 N–H and O–H groups in total. The Morgan fingerprint density at radius 3 is 1.77 bits per heavy atom. The second kappa shape index (κ2) is 6.31. The van der Waals surface area contributed by atoms with Gasteiger partial charge in [-0.15, -0.1) is 0 Å². The van der Waals surface area contributed by atoms with Crippen LogP contribution < -0.4 is 10.7 Å². The van der Waals surface area contributed by atoms with E-state index in [1.54, 1.807) is 12.4 Å². The first-order valence-electron chi connectivity index (χ1n) is 9.03. The zero-order valence-corrected chi connectivity index (χ0v) is 15.8. The van der Waals surface area contributed by atoms with E-state index in [0.717, 1.165) is 17.7 Å². The van der Waals surface area contributed by atoms with Crippen LogP contribution >= 0.6 is 0 Å². The van der Waals surface area contributed by atoms with E-state index in [0.29, 0.717) is 38.1 Å². The lowest BCUT2D eigenvalue weighted by Crippen LogP contribution is -2.06. The van der Waals surface area contributed by atoms with Gasteiger partial charge in [-0.3, -0.25) is 0 Å². The van der Waals surface area contributed by atoms with Crippen LogP contribution in [0.15, 0.2) is 46.4 Å². The molecule has 0 amide bonds. The number of hydrogen-bond acceptors (Lipinski definition) is 6. The minimum atomic E-state index is -4.55. The van der Waals surface area contributed by atoms with Crippen LogP contribution in [0.1, 0.15) is 11.1 Å². The third-order valence-electron chi connectivity index (χ3n) is 5.21. The van der Waals surface area contributed by atoms with Gasteiger partial charge >= 0.3 is 6.18 Å². The van der Waals surface area contributed by atoms with Crippen molar-refractivity contribution in [2.75, 3.05) is 0 Å². The third kappa shape index (κ3) is 2.64. The molecule has 0 aliphatic rings. The summed E-state index contributed by atoms with van der Waals surface area (Å²) in [4.78, 5) is 16.9. The first kappa shape index (κ1) is 18.6. The van der Waals surface area contributed by atoms with Gasteiger partial charge in [0.2, 0.25) is 12.4 Å². The lowest BCUT2D eigenvalue weighted by molar-refractivity contribution is -0.137. The van der Waals surface area contributed by atoms with Gasteiger partial charge < -0.3 is 0 Å². The maximum atomic E-state index is 13.2. The summed E-state index contributed by atoms with van der Waals surface area (Å²) < 4.78 is 39.7. The van der Waals surface area contributed by atoms with Gasteiger partial charge in [-0.05, 0) is 25.1 Å². The fraction of sp³-hybridized carbons (Fsp3) is 0.0909. The van der Waals surface area contributed by atoms with Gasteiger partial charge in [-0.25, -0.2) is 9.97 Å². The van der Waals surface area contributed by atoms with Crippen molar-refractivity contribution in [1.82, 2.24) is 9.97 Å². The number of aryl methyl sites for hydroxylation is 1. The van der Waals surface area contributed by atoms with Gasteiger partial charge in [-0.2, -0.15) is 33.7 Å². The minimum Gasteiger partial charge on any atom is -0.241 e. The molecular weight excluding hydrogens is 405 g/mol. The van der Waals surface area contributed by atoms with Crippen molar-refractivity contribution in [3.05, 3.63) is 58.2 Å². The van der Waals surface area contributed by atoms with Gasteiger partial charge in [0.1, 0.15) is 21.7 Å². The molecule has 0 saturated heterocycles.